The van der Waals surface area contributed by atoms with E-state index in [1.807, 2.05) is 25.7 Å². The summed E-state index contributed by atoms with van der Waals surface area (Å²) in [5.41, 5.74) is -0.400. The van der Waals surface area contributed by atoms with Crippen LogP contribution in [0.2, 0.25) is 0 Å². The normalized spacial score (nSPS) is 28.6. The van der Waals surface area contributed by atoms with Gasteiger partial charge < -0.3 is 9.64 Å². The number of carbonyl (C=O) groups excluding carboxylic acids is 1. The predicted octanol–water partition coefficient (Wildman–Crippen LogP) is 2.47. The maximum absolute atomic E-state index is 12.1. The third kappa shape index (κ3) is 3.18. The largest absolute Gasteiger partial charge is 0.444 e. The summed E-state index contributed by atoms with van der Waals surface area (Å²) < 4.78 is 5.46. The van der Waals surface area contributed by atoms with Crippen molar-refractivity contribution in [3.63, 3.8) is 0 Å². The van der Waals surface area contributed by atoms with Crippen LogP contribution in [0.5, 0.6) is 0 Å². The molecule has 2 aliphatic heterocycles. The molecular formula is C13H23BrN2O2. The van der Waals surface area contributed by atoms with Gasteiger partial charge in [-0.25, -0.2) is 4.79 Å². The van der Waals surface area contributed by atoms with Gasteiger partial charge in [0.05, 0.1) is 0 Å². The molecule has 5 heteroatoms. The first-order valence-corrected chi connectivity index (χ1v) is 7.82. The molecule has 2 fully saturated rings. The average Bonchev–Trinajstić information content (AvgIpc) is 2.49. The van der Waals surface area contributed by atoms with Gasteiger partial charge in [-0.15, -0.1) is 0 Å². The number of likely N-dealkylation sites (tertiary alicyclic amines) is 1. The molecular weight excluding hydrogens is 296 g/mol. The van der Waals surface area contributed by atoms with E-state index in [9.17, 15) is 4.79 Å². The number of nitrogens with zero attached hydrogens (tertiary/aromatic N) is 2. The fourth-order valence-corrected chi connectivity index (χ4v) is 3.34. The first kappa shape index (κ1) is 14.1. The minimum absolute atomic E-state index is 0.155. The van der Waals surface area contributed by atoms with Gasteiger partial charge in [0, 0.05) is 37.0 Å². The Hall–Kier alpha value is -0.290. The van der Waals surface area contributed by atoms with Gasteiger partial charge in [0.2, 0.25) is 0 Å². The van der Waals surface area contributed by atoms with Crippen LogP contribution in [0.15, 0.2) is 0 Å². The van der Waals surface area contributed by atoms with E-state index in [1.54, 1.807) is 0 Å². The summed E-state index contributed by atoms with van der Waals surface area (Å²) in [6.07, 6.45) is 2.26. The molecule has 0 radical (unpaired) electrons. The highest BCUT2D eigenvalue weighted by molar-refractivity contribution is 9.09. The molecule has 2 saturated heterocycles. The van der Waals surface area contributed by atoms with Crippen LogP contribution in [0.25, 0.3) is 0 Å². The molecule has 2 bridgehead atoms. The van der Waals surface area contributed by atoms with Crippen molar-refractivity contribution < 1.29 is 9.53 Å². The highest BCUT2D eigenvalue weighted by Crippen LogP contribution is 2.30. The van der Waals surface area contributed by atoms with Crippen molar-refractivity contribution in [1.29, 1.82) is 0 Å². The highest BCUT2D eigenvalue weighted by atomic mass is 79.9. The quantitative estimate of drug-likeness (QED) is 0.733. The van der Waals surface area contributed by atoms with E-state index in [2.05, 4.69) is 20.8 Å². The molecule has 1 amide bonds. The summed E-state index contributed by atoms with van der Waals surface area (Å²) in [5.74, 6) is 0. The van der Waals surface area contributed by atoms with Crippen LogP contribution in [0.3, 0.4) is 0 Å². The number of hydrogen-bond acceptors (Lipinski definition) is 3. The number of piperazine rings is 1. The maximum Gasteiger partial charge on any atom is 0.410 e. The van der Waals surface area contributed by atoms with Crippen molar-refractivity contribution in [3.8, 4) is 0 Å². The Bertz CT molecular complexity index is 303. The Morgan fingerprint density at radius 3 is 2.28 bits per heavy atom. The third-order valence-corrected chi connectivity index (χ3v) is 3.98. The number of carbonyl (C=O) groups is 1. The minimum Gasteiger partial charge on any atom is -0.444 e. The fourth-order valence-electron chi connectivity index (χ4n) is 2.93. The SMILES string of the molecule is CC(C)(C)OC(=O)N1CC2CCC(C1)N2CCBr. The van der Waals surface area contributed by atoms with Crippen molar-refractivity contribution in [2.45, 2.75) is 51.3 Å². The van der Waals surface area contributed by atoms with Crippen molar-refractivity contribution in [2.75, 3.05) is 25.0 Å². The first-order chi connectivity index (χ1) is 8.40. The number of halogens is 1. The van der Waals surface area contributed by atoms with Crippen LogP contribution in [-0.2, 0) is 4.74 Å². The van der Waals surface area contributed by atoms with Gasteiger partial charge in [-0.1, -0.05) is 15.9 Å². The number of rotatable bonds is 2. The summed E-state index contributed by atoms with van der Waals surface area (Å²) >= 11 is 3.50. The molecule has 0 saturated carbocycles. The van der Waals surface area contributed by atoms with E-state index < -0.39 is 5.60 Å². The Morgan fingerprint density at radius 2 is 1.83 bits per heavy atom. The number of amides is 1. The van der Waals surface area contributed by atoms with Crippen LogP contribution in [0.4, 0.5) is 4.79 Å². The zero-order valence-corrected chi connectivity index (χ0v) is 13.1. The van der Waals surface area contributed by atoms with Crippen LogP contribution in [0.1, 0.15) is 33.6 Å². The molecule has 0 N–H and O–H groups in total. The molecule has 0 spiro atoms. The lowest BCUT2D eigenvalue weighted by atomic mass is 10.2. The van der Waals surface area contributed by atoms with Crippen molar-refractivity contribution >= 4 is 22.0 Å². The predicted molar refractivity (Wildman–Crippen MR) is 75.1 cm³/mol. The maximum atomic E-state index is 12.1. The highest BCUT2D eigenvalue weighted by Gasteiger charge is 2.41. The summed E-state index contributed by atoms with van der Waals surface area (Å²) in [6.45, 7) is 8.47. The molecule has 2 heterocycles. The summed E-state index contributed by atoms with van der Waals surface area (Å²) in [4.78, 5) is 16.5. The lowest BCUT2D eigenvalue weighted by Gasteiger charge is -2.41. The van der Waals surface area contributed by atoms with E-state index in [0.717, 1.165) is 25.0 Å². The second kappa shape index (κ2) is 5.37. The monoisotopic (exact) mass is 318 g/mol. The number of fused-ring (bicyclic) bond motifs is 2. The molecule has 18 heavy (non-hydrogen) atoms. The van der Waals surface area contributed by atoms with Crippen molar-refractivity contribution in [2.24, 2.45) is 0 Å². The molecule has 104 valence electrons. The molecule has 2 unspecified atom stereocenters. The van der Waals surface area contributed by atoms with Crippen LogP contribution in [0, 0.1) is 0 Å². The Labute approximate surface area is 118 Å². The van der Waals surface area contributed by atoms with E-state index in [1.165, 1.54) is 12.8 Å². The number of ether oxygens (including phenoxy) is 1. The minimum atomic E-state index is -0.400. The van der Waals surface area contributed by atoms with Crippen LogP contribution < -0.4 is 0 Å². The first-order valence-electron chi connectivity index (χ1n) is 6.70. The molecule has 0 aliphatic carbocycles. The van der Waals surface area contributed by atoms with Gasteiger partial charge >= 0.3 is 6.09 Å². The van der Waals surface area contributed by atoms with E-state index in [-0.39, 0.29) is 6.09 Å². The topological polar surface area (TPSA) is 32.8 Å². The average molecular weight is 319 g/mol. The van der Waals surface area contributed by atoms with Gasteiger partial charge in [0.15, 0.2) is 0 Å². The second-order valence-electron chi connectivity index (χ2n) is 6.20. The fraction of sp³-hybridized carbons (Fsp3) is 0.923. The summed E-state index contributed by atoms with van der Waals surface area (Å²) in [6, 6.07) is 1.04. The second-order valence-corrected chi connectivity index (χ2v) is 6.99. The summed E-state index contributed by atoms with van der Waals surface area (Å²) in [5, 5.41) is 1.01. The molecule has 2 aliphatic rings. The van der Waals surface area contributed by atoms with E-state index in [0.29, 0.717) is 12.1 Å². The molecule has 0 aromatic carbocycles. The van der Waals surface area contributed by atoms with E-state index in [4.69, 9.17) is 4.74 Å². The van der Waals surface area contributed by atoms with Gasteiger partial charge in [-0.05, 0) is 33.6 Å². The Kier molecular flexibility index (Phi) is 4.22. The summed E-state index contributed by atoms with van der Waals surface area (Å²) in [7, 11) is 0. The molecule has 0 aromatic rings. The standard InChI is InChI=1S/C13H23BrN2O2/c1-13(2,3)18-12(17)15-8-10-4-5-11(9-15)16(10)7-6-14/h10-11H,4-9H2,1-3H3. The zero-order valence-electron chi connectivity index (χ0n) is 11.5. The lowest BCUT2D eigenvalue weighted by Crippen LogP contribution is -2.56. The Morgan fingerprint density at radius 1 is 1.28 bits per heavy atom. The van der Waals surface area contributed by atoms with Gasteiger partial charge in [0.1, 0.15) is 5.60 Å². The lowest BCUT2D eigenvalue weighted by molar-refractivity contribution is 0.00259. The van der Waals surface area contributed by atoms with E-state index >= 15 is 0 Å². The number of alkyl halides is 1. The molecule has 2 rings (SSSR count). The smallest absolute Gasteiger partial charge is 0.410 e. The Balaban J connectivity index is 1.94. The zero-order chi connectivity index (χ0) is 13.3. The third-order valence-electron chi connectivity index (χ3n) is 3.63. The molecule has 2 atom stereocenters. The van der Waals surface area contributed by atoms with Crippen molar-refractivity contribution in [1.82, 2.24) is 9.80 Å². The molecule has 0 aromatic heterocycles. The van der Waals surface area contributed by atoms with Crippen molar-refractivity contribution in [3.05, 3.63) is 0 Å². The number of hydrogen-bond donors (Lipinski definition) is 0. The van der Waals surface area contributed by atoms with Gasteiger partial charge in [-0.3, -0.25) is 4.90 Å². The van der Waals surface area contributed by atoms with Crippen LogP contribution >= 0.6 is 15.9 Å². The van der Waals surface area contributed by atoms with Gasteiger partial charge in [0.25, 0.3) is 0 Å². The van der Waals surface area contributed by atoms with Gasteiger partial charge in [-0.2, -0.15) is 0 Å². The van der Waals surface area contributed by atoms with Crippen LogP contribution in [-0.4, -0.2) is 58.5 Å². The molecule has 4 nitrogen and oxygen atoms in total.